The lowest BCUT2D eigenvalue weighted by Gasteiger charge is -2.19. The van der Waals surface area contributed by atoms with Crippen LogP contribution in [-0.2, 0) is 9.53 Å². The molecule has 6 nitrogen and oxygen atoms in total. The second-order valence-electron chi connectivity index (χ2n) is 3.76. The van der Waals surface area contributed by atoms with Crippen molar-refractivity contribution in [1.29, 1.82) is 0 Å². The zero-order valence-corrected chi connectivity index (χ0v) is 10.3. The number of nitrogens with zero attached hydrogens (tertiary/aromatic N) is 1. The number of methoxy groups -OCH3 is 1. The molecule has 2 atom stereocenters. The summed E-state index contributed by atoms with van der Waals surface area (Å²) in [6.07, 6.45) is -0.609. The van der Waals surface area contributed by atoms with Gasteiger partial charge in [0.2, 0.25) is 5.91 Å². The second-order valence-corrected chi connectivity index (χ2v) is 3.76. The Balaban J connectivity index is 2.91. The van der Waals surface area contributed by atoms with Gasteiger partial charge in [0.25, 0.3) is 0 Å². The summed E-state index contributed by atoms with van der Waals surface area (Å²) in [5, 5.41) is 14.4. The molecule has 0 aliphatic rings. The Morgan fingerprint density at radius 1 is 1.44 bits per heavy atom. The van der Waals surface area contributed by atoms with Gasteiger partial charge >= 0.3 is 0 Å². The molecule has 0 spiro atoms. The highest BCUT2D eigenvalue weighted by Gasteiger charge is 2.21. The maximum absolute atomic E-state index is 11.7. The van der Waals surface area contributed by atoms with Gasteiger partial charge in [0, 0.05) is 7.11 Å². The van der Waals surface area contributed by atoms with E-state index in [0.717, 1.165) is 5.56 Å². The molecule has 1 amide bonds. The molecule has 18 heavy (non-hydrogen) atoms. The molecule has 1 aromatic rings. The molecule has 0 fully saturated rings. The van der Waals surface area contributed by atoms with Gasteiger partial charge in [-0.1, -0.05) is 35.5 Å². The molecular formula is C12H17N3O3. The molecular weight excluding hydrogens is 234 g/mol. The van der Waals surface area contributed by atoms with Gasteiger partial charge in [-0.25, -0.2) is 0 Å². The van der Waals surface area contributed by atoms with Crippen LogP contribution in [-0.4, -0.2) is 30.2 Å². The molecule has 0 saturated carbocycles. The van der Waals surface area contributed by atoms with E-state index in [0.29, 0.717) is 0 Å². The van der Waals surface area contributed by atoms with E-state index in [1.54, 1.807) is 31.2 Å². The van der Waals surface area contributed by atoms with E-state index in [1.807, 2.05) is 6.07 Å². The van der Waals surface area contributed by atoms with Gasteiger partial charge in [-0.05, 0) is 12.5 Å². The fourth-order valence-corrected chi connectivity index (χ4v) is 1.40. The number of oxime groups is 1. The molecule has 1 rings (SSSR count). The minimum atomic E-state index is -0.679. The minimum Gasteiger partial charge on any atom is -0.409 e. The molecule has 0 aliphatic carbocycles. The van der Waals surface area contributed by atoms with Crippen molar-refractivity contribution in [3.63, 3.8) is 0 Å². The summed E-state index contributed by atoms with van der Waals surface area (Å²) >= 11 is 0. The average molecular weight is 251 g/mol. The number of nitrogens with one attached hydrogen (secondary N) is 1. The average Bonchev–Trinajstić information content (AvgIpc) is 2.43. The highest BCUT2D eigenvalue weighted by molar-refractivity contribution is 5.92. The Morgan fingerprint density at radius 2 is 2.06 bits per heavy atom. The number of carbonyl (C=O) groups excluding carboxylic acids is 1. The fourth-order valence-electron chi connectivity index (χ4n) is 1.40. The number of amidine groups is 1. The summed E-state index contributed by atoms with van der Waals surface area (Å²) in [6, 6.07) is 8.33. The summed E-state index contributed by atoms with van der Waals surface area (Å²) in [4.78, 5) is 11.7. The molecule has 1 aromatic carbocycles. The first-order valence-corrected chi connectivity index (χ1v) is 5.45. The first kappa shape index (κ1) is 14.0. The highest BCUT2D eigenvalue weighted by Crippen LogP contribution is 2.13. The van der Waals surface area contributed by atoms with Gasteiger partial charge in [-0.15, -0.1) is 0 Å². The summed E-state index contributed by atoms with van der Waals surface area (Å²) in [5.41, 5.74) is 6.31. The minimum absolute atomic E-state index is 0.0853. The Kier molecular flexibility index (Phi) is 5.13. The molecule has 0 bridgehead atoms. The van der Waals surface area contributed by atoms with Crippen LogP contribution in [0.5, 0.6) is 0 Å². The number of carbonyl (C=O) groups is 1. The number of rotatable bonds is 5. The molecule has 4 N–H and O–H groups in total. The molecule has 6 heteroatoms. The molecule has 0 heterocycles. The number of hydrogen-bond acceptors (Lipinski definition) is 4. The van der Waals surface area contributed by atoms with Gasteiger partial charge in [0.05, 0.1) is 0 Å². The predicted molar refractivity (Wildman–Crippen MR) is 67.2 cm³/mol. The third kappa shape index (κ3) is 3.46. The molecule has 2 unspecified atom stereocenters. The summed E-state index contributed by atoms with van der Waals surface area (Å²) in [5.74, 6) is -0.421. The number of amides is 1. The number of ether oxygens (including phenoxy) is 1. The van der Waals surface area contributed by atoms with Gasteiger partial charge in [0.1, 0.15) is 12.1 Å². The van der Waals surface area contributed by atoms with Crippen LogP contribution in [0, 0.1) is 0 Å². The van der Waals surface area contributed by atoms with Crippen LogP contribution < -0.4 is 11.1 Å². The number of nitrogens with two attached hydrogens (primary N) is 1. The van der Waals surface area contributed by atoms with Crippen LogP contribution in [0.25, 0.3) is 0 Å². The van der Waals surface area contributed by atoms with Crippen molar-refractivity contribution >= 4 is 11.7 Å². The molecule has 0 aliphatic heterocycles. The molecule has 0 radical (unpaired) electrons. The second kappa shape index (κ2) is 6.61. The normalized spacial score (nSPS) is 14.9. The van der Waals surface area contributed by atoms with Crippen LogP contribution in [0.4, 0.5) is 0 Å². The molecule has 98 valence electrons. The lowest BCUT2D eigenvalue weighted by molar-refractivity contribution is -0.130. The molecule has 0 saturated heterocycles. The lowest BCUT2D eigenvalue weighted by atomic mass is 10.1. The predicted octanol–water partition coefficient (Wildman–Crippen LogP) is 0.625. The summed E-state index contributed by atoms with van der Waals surface area (Å²) in [6.45, 7) is 1.61. The quantitative estimate of drug-likeness (QED) is 0.309. The summed E-state index contributed by atoms with van der Waals surface area (Å²) in [7, 11) is 1.44. The maximum atomic E-state index is 11.7. The Bertz CT molecular complexity index is 420. The lowest BCUT2D eigenvalue weighted by Crippen LogP contribution is -2.42. The highest BCUT2D eigenvalue weighted by atomic mass is 16.5. The van der Waals surface area contributed by atoms with Crippen LogP contribution in [0.15, 0.2) is 35.5 Å². The van der Waals surface area contributed by atoms with Crippen molar-refractivity contribution < 1.29 is 14.7 Å². The number of benzene rings is 1. The van der Waals surface area contributed by atoms with Crippen LogP contribution >= 0.6 is 0 Å². The van der Waals surface area contributed by atoms with Crippen molar-refractivity contribution in [1.82, 2.24) is 5.32 Å². The monoisotopic (exact) mass is 251 g/mol. The zero-order valence-electron chi connectivity index (χ0n) is 10.3. The first-order valence-electron chi connectivity index (χ1n) is 5.45. The number of hydrogen-bond donors (Lipinski definition) is 3. The van der Waals surface area contributed by atoms with Crippen LogP contribution in [0.2, 0.25) is 0 Å². The van der Waals surface area contributed by atoms with Crippen LogP contribution in [0.1, 0.15) is 18.5 Å². The first-order chi connectivity index (χ1) is 8.60. The Hall–Kier alpha value is -2.08. The van der Waals surface area contributed by atoms with E-state index in [4.69, 9.17) is 15.7 Å². The van der Waals surface area contributed by atoms with E-state index >= 15 is 0 Å². The fraction of sp³-hybridized carbons (Fsp3) is 0.333. The van der Waals surface area contributed by atoms with Crippen LogP contribution in [0.3, 0.4) is 0 Å². The largest absolute Gasteiger partial charge is 0.409 e. The van der Waals surface area contributed by atoms with Crippen molar-refractivity contribution in [2.24, 2.45) is 10.9 Å². The van der Waals surface area contributed by atoms with Crippen molar-refractivity contribution in [2.75, 3.05) is 7.11 Å². The Morgan fingerprint density at radius 3 is 2.56 bits per heavy atom. The van der Waals surface area contributed by atoms with E-state index in [9.17, 15) is 4.79 Å². The Labute approximate surface area is 105 Å². The zero-order chi connectivity index (χ0) is 13.5. The van der Waals surface area contributed by atoms with Crippen molar-refractivity contribution in [3.05, 3.63) is 35.9 Å². The van der Waals surface area contributed by atoms with E-state index in [-0.39, 0.29) is 11.7 Å². The maximum Gasteiger partial charge on any atom is 0.249 e. The molecule has 0 aromatic heterocycles. The SMILES string of the molecule is COC(C)C(=O)NC(/C(N)=N/O)c1ccccc1. The summed E-state index contributed by atoms with van der Waals surface area (Å²) < 4.78 is 4.91. The third-order valence-corrected chi connectivity index (χ3v) is 2.55. The van der Waals surface area contributed by atoms with E-state index in [1.165, 1.54) is 7.11 Å². The van der Waals surface area contributed by atoms with E-state index in [2.05, 4.69) is 10.5 Å². The smallest absolute Gasteiger partial charge is 0.249 e. The van der Waals surface area contributed by atoms with Crippen molar-refractivity contribution in [3.8, 4) is 0 Å². The van der Waals surface area contributed by atoms with Gasteiger partial charge in [-0.2, -0.15) is 0 Å². The van der Waals surface area contributed by atoms with E-state index < -0.39 is 12.1 Å². The third-order valence-electron chi connectivity index (χ3n) is 2.55. The standard InChI is InChI=1S/C12H17N3O3/c1-8(18-2)12(16)14-10(11(13)15-17)9-6-4-3-5-7-9/h3-8,10,17H,1-2H3,(H2,13,15)(H,14,16). The van der Waals surface area contributed by atoms with Gasteiger partial charge in [0.15, 0.2) is 5.84 Å². The topological polar surface area (TPSA) is 96.9 Å². The van der Waals surface area contributed by atoms with Gasteiger partial charge in [-0.3, -0.25) is 4.79 Å². The van der Waals surface area contributed by atoms with Crippen molar-refractivity contribution in [2.45, 2.75) is 19.1 Å². The van der Waals surface area contributed by atoms with Gasteiger partial charge < -0.3 is 21.0 Å².